The molecule has 3 nitrogen and oxygen atoms in total. The van der Waals surface area contributed by atoms with Crippen molar-refractivity contribution in [1.82, 2.24) is 10.2 Å². The van der Waals surface area contributed by atoms with E-state index < -0.39 is 6.23 Å². The fourth-order valence-corrected chi connectivity index (χ4v) is 5.37. The maximum atomic E-state index is 10.5. The maximum absolute atomic E-state index is 10.5. The number of nitrogens with one attached hydrogen (secondary N) is 1. The van der Waals surface area contributed by atoms with Crippen LogP contribution in [0.3, 0.4) is 0 Å². The van der Waals surface area contributed by atoms with Gasteiger partial charge in [0.25, 0.3) is 0 Å². The first-order chi connectivity index (χ1) is 13.7. The molecule has 1 aromatic heterocycles. The Labute approximate surface area is 174 Å². The average Bonchev–Trinajstić information content (AvgIpc) is 3.01. The zero-order chi connectivity index (χ0) is 19.8. The molecule has 1 fully saturated rings. The summed E-state index contributed by atoms with van der Waals surface area (Å²) in [4.78, 5) is 5.38. The lowest BCUT2D eigenvalue weighted by Crippen LogP contribution is -2.34. The Morgan fingerprint density at radius 2 is 1.75 bits per heavy atom. The van der Waals surface area contributed by atoms with Gasteiger partial charge in [-0.05, 0) is 50.0 Å². The van der Waals surface area contributed by atoms with E-state index in [1.54, 1.807) is 0 Å². The van der Waals surface area contributed by atoms with E-state index >= 15 is 0 Å². The Morgan fingerprint density at radius 1 is 1.04 bits per heavy atom. The van der Waals surface area contributed by atoms with Crippen molar-refractivity contribution in [2.75, 3.05) is 13.1 Å². The molecule has 1 aliphatic rings. The van der Waals surface area contributed by atoms with Crippen LogP contribution in [-0.4, -0.2) is 29.3 Å². The lowest BCUT2D eigenvalue weighted by atomic mass is 9.92. The van der Waals surface area contributed by atoms with Gasteiger partial charge in [0.05, 0.1) is 6.04 Å². The Hall–Kier alpha value is -1.20. The number of nitrogens with zero attached hydrogens (tertiary/aromatic N) is 1. The van der Waals surface area contributed by atoms with Crippen molar-refractivity contribution in [2.24, 2.45) is 0 Å². The highest BCUT2D eigenvalue weighted by atomic mass is 32.1. The quantitative estimate of drug-likeness (QED) is 0.532. The maximum Gasteiger partial charge on any atom is 0.105 e. The number of hydrogen-bond donors (Lipinski definition) is 2. The fourth-order valence-electron chi connectivity index (χ4n) is 4.15. The first-order valence-electron chi connectivity index (χ1n) is 11.0. The molecule has 0 spiro atoms. The molecule has 3 atom stereocenters. The average molecular weight is 401 g/mol. The highest BCUT2D eigenvalue weighted by Crippen LogP contribution is 2.35. The van der Waals surface area contributed by atoms with Gasteiger partial charge in [0.15, 0.2) is 0 Å². The van der Waals surface area contributed by atoms with Gasteiger partial charge in [-0.1, -0.05) is 63.4 Å². The third-order valence-corrected chi connectivity index (χ3v) is 6.98. The van der Waals surface area contributed by atoms with Gasteiger partial charge in [-0.2, -0.15) is 0 Å². The molecule has 154 valence electrons. The van der Waals surface area contributed by atoms with Crippen LogP contribution in [-0.2, 0) is 6.54 Å². The van der Waals surface area contributed by atoms with E-state index in [4.69, 9.17) is 0 Å². The lowest BCUT2D eigenvalue weighted by molar-refractivity contribution is 0.108. The molecule has 1 saturated heterocycles. The minimum atomic E-state index is -0.461. The second kappa shape index (κ2) is 11.1. The summed E-state index contributed by atoms with van der Waals surface area (Å²) in [5.74, 6) is 0.303. The van der Waals surface area contributed by atoms with Gasteiger partial charge in [-0.15, -0.1) is 11.3 Å². The van der Waals surface area contributed by atoms with Gasteiger partial charge in [-0.25, -0.2) is 0 Å². The van der Waals surface area contributed by atoms with Crippen LogP contribution in [0, 0.1) is 0 Å². The van der Waals surface area contributed by atoms with Gasteiger partial charge in [0.1, 0.15) is 6.23 Å². The minimum absolute atomic E-state index is 0.131. The van der Waals surface area contributed by atoms with E-state index in [1.807, 2.05) is 11.3 Å². The van der Waals surface area contributed by atoms with Crippen molar-refractivity contribution in [2.45, 2.75) is 77.1 Å². The Bertz CT molecular complexity index is 679. The first-order valence-corrected chi connectivity index (χ1v) is 11.8. The summed E-state index contributed by atoms with van der Waals surface area (Å²) in [5.41, 5.74) is 1.31. The summed E-state index contributed by atoms with van der Waals surface area (Å²) in [6.07, 6.45) is 6.71. The topological polar surface area (TPSA) is 35.5 Å². The summed E-state index contributed by atoms with van der Waals surface area (Å²) >= 11 is 1.91. The molecule has 3 unspecified atom stereocenters. The first kappa shape index (κ1) is 21.5. The second-order valence-electron chi connectivity index (χ2n) is 8.14. The van der Waals surface area contributed by atoms with E-state index in [9.17, 15) is 5.11 Å². The van der Waals surface area contributed by atoms with Gasteiger partial charge in [-0.3, -0.25) is 10.2 Å². The molecule has 2 heterocycles. The van der Waals surface area contributed by atoms with Crippen molar-refractivity contribution < 1.29 is 5.11 Å². The Morgan fingerprint density at radius 3 is 2.43 bits per heavy atom. The predicted molar refractivity (Wildman–Crippen MR) is 120 cm³/mol. The van der Waals surface area contributed by atoms with E-state index in [0.717, 1.165) is 19.4 Å². The van der Waals surface area contributed by atoms with E-state index in [2.05, 4.69) is 66.5 Å². The number of benzene rings is 1. The van der Waals surface area contributed by atoms with Crippen LogP contribution in [0.4, 0.5) is 0 Å². The molecule has 3 rings (SSSR count). The predicted octanol–water partition coefficient (Wildman–Crippen LogP) is 5.68. The summed E-state index contributed by atoms with van der Waals surface area (Å²) < 4.78 is 0. The van der Waals surface area contributed by atoms with Crippen LogP contribution >= 0.6 is 11.3 Å². The second-order valence-corrected chi connectivity index (χ2v) is 9.34. The number of hydrogen-bond acceptors (Lipinski definition) is 4. The number of aliphatic hydroxyl groups is 1. The van der Waals surface area contributed by atoms with Crippen molar-refractivity contribution in [3.8, 4) is 0 Å². The van der Waals surface area contributed by atoms with E-state index in [-0.39, 0.29) is 6.04 Å². The van der Waals surface area contributed by atoms with Gasteiger partial charge < -0.3 is 5.11 Å². The van der Waals surface area contributed by atoms with Crippen molar-refractivity contribution >= 4 is 11.3 Å². The molecular weight excluding hydrogens is 364 g/mol. The normalized spacial score (nSPS) is 19.1. The smallest absolute Gasteiger partial charge is 0.105 e. The molecule has 2 N–H and O–H groups in total. The molecule has 0 saturated carbocycles. The zero-order valence-electron chi connectivity index (χ0n) is 17.4. The van der Waals surface area contributed by atoms with Gasteiger partial charge in [0.2, 0.25) is 0 Å². The molecule has 2 aromatic rings. The SMILES string of the molecule is CCCC(O)NC(c1ccc(CN2CCCCCC2)s1)C(C)c1ccccc1. The molecule has 1 aromatic carbocycles. The number of rotatable bonds is 9. The van der Waals surface area contributed by atoms with E-state index in [1.165, 1.54) is 54.1 Å². The minimum Gasteiger partial charge on any atom is -0.379 e. The third-order valence-electron chi connectivity index (χ3n) is 5.83. The van der Waals surface area contributed by atoms with Crippen molar-refractivity contribution in [3.05, 3.63) is 57.8 Å². The third kappa shape index (κ3) is 6.15. The summed E-state index contributed by atoms with van der Waals surface area (Å²) in [7, 11) is 0. The number of likely N-dealkylation sites (tertiary alicyclic amines) is 1. The van der Waals surface area contributed by atoms with E-state index in [0.29, 0.717) is 5.92 Å². The summed E-state index contributed by atoms with van der Waals surface area (Å²) in [5, 5.41) is 14.0. The van der Waals surface area contributed by atoms with Crippen LogP contribution in [0.1, 0.15) is 79.6 Å². The number of thiophene rings is 1. The van der Waals surface area contributed by atoms with Crippen molar-refractivity contribution in [3.63, 3.8) is 0 Å². The van der Waals surface area contributed by atoms with Crippen molar-refractivity contribution in [1.29, 1.82) is 0 Å². The zero-order valence-corrected chi connectivity index (χ0v) is 18.3. The van der Waals surface area contributed by atoms with Crippen LogP contribution in [0.5, 0.6) is 0 Å². The monoisotopic (exact) mass is 400 g/mol. The molecule has 4 heteroatoms. The molecule has 0 bridgehead atoms. The lowest BCUT2D eigenvalue weighted by Gasteiger charge is -2.27. The highest BCUT2D eigenvalue weighted by Gasteiger charge is 2.24. The Balaban J connectivity index is 1.74. The largest absolute Gasteiger partial charge is 0.379 e. The fraction of sp³-hybridized carbons (Fsp3) is 0.583. The highest BCUT2D eigenvalue weighted by molar-refractivity contribution is 7.12. The van der Waals surface area contributed by atoms with Crippen LogP contribution in [0.2, 0.25) is 0 Å². The van der Waals surface area contributed by atoms with Crippen LogP contribution < -0.4 is 5.32 Å². The summed E-state index contributed by atoms with van der Waals surface area (Å²) in [6.45, 7) is 7.90. The molecule has 0 amide bonds. The molecule has 0 aliphatic carbocycles. The van der Waals surface area contributed by atoms with Crippen LogP contribution in [0.25, 0.3) is 0 Å². The molecule has 1 aliphatic heterocycles. The standard InChI is InChI=1S/C24H36N2OS/c1-3-11-23(27)25-24(19(2)20-12-7-6-8-13-20)22-15-14-21(28-22)18-26-16-9-4-5-10-17-26/h6-8,12-15,19,23-25,27H,3-5,9-11,16-18H2,1-2H3. The molecular formula is C24H36N2OS. The number of aliphatic hydroxyl groups excluding tert-OH is 1. The summed E-state index contributed by atoms with van der Waals surface area (Å²) in [6, 6.07) is 15.3. The van der Waals surface area contributed by atoms with Crippen LogP contribution in [0.15, 0.2) is 42.5 Å². The molecule has 0 radical (unpaired) electrons. The molecule has 28 heavy (non-hydrogen) atoms. The Kier molecular flexibility index (Phi) is 8.53. The van der Waals surface area contributed by atoms with Gasteiger partial charge in [0, 0.05) is 22.2 Å². The van der Waals surface area contributed by atoms with Gasteiger partial charge >= 0.3 is 0 Å².